The molecule has 2 aromatic rings. The first-order valence-corrected chi connectivity index (χ1v) is 7.99. The van der Waals surface area contributed by atoms with E-state index in [0.717, 1.165) is 0 Å². The molecule has 0 spiro atoms. The molecule has 1 unspecified atom stereocenters. The van der Waals surface area contributed by atoms with Crippen molar-refractivity contribution in [3.05, 3.63) is 36.4 Å². The van der Waals surface area contributed by atoms with E-state index in [9.17, 15) is 9.50 Å². The maximum absolute atomic E-state index is 12.9. The lowest BCUT2D eigenvalue weighted by Gasteiger charge is -2.35. The molecule has 1 N–H and O–H groups in total. The topological polar surface area (TPSA) is 60.2 Å². The average Bonchev–Trinajstić information content (AvgIpc) is 2.87. The third kappa shape index (κ3) is 4.42. The summed E-state index contributed by atoms with van der Waals surface area (Å²) in [6, 6.07) is 5.68. The fourth-order valence-electron chi connectivity index (χ4n) is 1.79. The number of rotatable bonds is 4. The van der Waals surface area contributed by atoms with Crippen LogP contribution < -0.4 is 4.74 Å². The standard InChI is InChI=1S/C16H17FIN3O2/c1-15(2,3)16(22,8-9-18)10-21-11-19-14(20-21)23-13-6-4-12(17)5-7-13/h4-7,11,22H,10H2,1-3H3. The molecule has 0 fully saturated rings. The Bertz CT molecular complexity index is 728. The van der Waals surface area contributed by atoms with E-state index in [-0.39, 0.29) is 18.4 Å². The number of nitrogens with zero attached hydrogens (tertiary/aromatic N) is 3. The van der Waals surface area contributed by atoms with E-state index in [4.69, 9.17) is 4.74 Å². The normalized spacial score (nSPS) is 13.8. The van der Waals surface area contributed by atoms with Crippen molar-refractivity contribution in [3.63, 3.8) is 0 Å². The molecule has 0 bridgehead atoms. The predicted molar refractivity (Wildman–Crippen MR) is 92.7 cm³/mol. The van der Waals surface area contributed by atoms with E-state index in [0.29, 0.717) is 5.75 Å². The van der Waals surface area contributed by atoms with Gasteiger partial charge in [-0.25, -0.2) is 9.07 Å². The average molecular weight is 429 g/mol. The molecule has 2 rings (SSSR count). The molecule has 1 heterocycles. The van der Waals surface area contributed by atoms with Crippen LogP contribution in [-0.4, -0.2) is 25.5 Å². The summed E-state index contributed by atoms with van der Waals surface area (Å²) in [4.78, 5) is 4.03. The van der Waals surface area contributed by atoms with Crippen LogP contribution in [0.5, 0.6) is 11.8 Å². The van der Waals surface area contributed by atoms with Gasteiger partial charge in [0.25, 0.3) is 0 Å². The van der Waals surface area contributed by atoms with Crippen LogP contribution in [0.15, 0.2) is 30.6 Å². The van der Waals surface area contributed by atoms with Crippen molar-refractivity contribution < 1.29 is 14.2 Å². The maximum Gasteiger partial charge on any atom is 0.340 e. The van der Waals surface area contributed by atoms with Crippen molar-refractivity contribution in [3.8, 4) is 21.6 Å². The van der Waals surface area contributed by atoms with Crippen LogP contribution in [-0.2, 0) is 6.54 Å². The lowest BCUT2D eigenvalue weighted by Crippen LogP contribution is -2.45. The summed E-state index contributed by atoms with van der Waals surface area (Å²) in [5.74, 6) is 2.92. The van der Waals surface area contributed by atoms with Gasteiger partial charge in [-0.1, -0.05) is 26.7 Å². The van der Waals surface area contributed by atoms with Crippen LogP contribution in [0.2, 0.25) is 0 Å². The van der Waals surface area contributed by atoms with Gasteiger partial charge in [-0.2, -0.15) is 4.98 Å². The highest BCUT2D eigenvalue weighted by Gasteiger charge is 2.39. The molecule has 0 saturated carbocycles. The minimum absolute atomic E-state index is 0.121. The van der Waals surface area contributed by atoms with E-state index >= 15 is 0 Å². The molecule has 0 aliphatic heterocycles. The Hall–Kier alpha value is -1.66. The second-order valence-electron chi connectivity index (χ2n) is 6.11. The summed E-state index contributed by atoms with van der Waals surface area (Å²) in [5, 5.41) is 14.9. The molecule has 122 valence electrons. The number of halogens is 2. The highest BCUT2D eigenvalue weighted by Crippen LogP contribution is 2.31. The van der Waals surface area contributed by atoms with Crippen molar-refractivity contribution >= 4 is 22.6 Å². The van der Waals surface area contributed by atoms with E-state index < -0.39 is 11.0 Å². The van der Waals surface area contributed by atoms with E-state index in [1.165, 1.54) is 35.3 Å². The molecule has 1 aromatic carbocycles. The van der Waals surface area contributed by atoms with Gasteiger partial charge >= 0.3 is 6.01 Å². The summed E-state index contributed by atoms with van der Waals surface area (Å²) in [6.45, 7) is 5.87. The number of hydrogen-bond acceptors (Lipinski definition) is 4. The van der Waals surface area contributed by atoms with Crippen LogP contribution >= 0.6 is 22.6 Å². The van der Waals surface area contributed by atoms with Crippen molar-refractivity contribution in [1.82, 2.24) is 14.8 Å². The number of aliphatic hydroxyl groups is 1. The molecule has 0 aliphatic rings. The van der Waals surface area contributed by atoms with Gasteiger partial charge in [-0.3, -0.25) is 0 Å². The SMILES string of the molecule is CC(C)(C)C(O)(C#CI)Cn1cnc(Oc2ccc(F)cc2)n1. The number of benzene rings is 1. The third-order valence-electron chi connectivity index (χ3n) is 3.42. The van der Waals surface area contributed by atoms with Crippen molar-refractivity contribution in [2.75, 3.05) is 0 Å². The Kier molecular flexibility index (Phi) is 5.26. The van der Waals surface area contributed by atoms with Gasteiger partial charge in [-0.05, 0) is 28.2 Å². The van der Waals surface area contributed by atoms with Crippen LogP contribution in [0, 0.1) is 21.1 Å². The molecule has 0 saturated heterocycles. The largest absolute Gasteiger partial charge is 0.423 e. The Labute approximate surface area is 148 Å². The molecular formula is C16H17FIN3O2. The smallest absolute Gasteiger partial charge is 0.340 e. The predicted octanol–water partition coefficient (Wildman–Crippen LogP) is 3.38. The fraction of sp³-hybridized carbons (Fsp3) is 0.375. The highest BCUT2D eigenvalue weighted by molar-refractivity contribution is 14.1. The fourth-order valence-corrected chi connectivity index (χ4v) is 2.23. The first-order chi connectivity index (χ1) is 10.7. The lowest BCUT2D eigenvalue weighted by atomic mass is 9.77. The van der Waals surface area contributed by atoms with Gasteiger partial charge in [0.15, 0.2) is 5.60 Å². The van der Waals surface area contributed by atoms with Crippen LogP contribution in [0.3, 0.4) is 0 Å². The Morgan fingerprint density at radius 2 is 1.96 bits per heavy atom. The minimum atomic E-state index is -1.25. The third-order valence-corrected chi connectivity index (χ3v) is 3.69. The lowest BCUT2D eigenvalue weighted by molar-refractivity contribution is -0.0214. The van der Waals surface area contributed by atoms with Crippen LogP contribution in [0.25, 0.3) is 0 Å². The summed E-state index contributed by atoms with van der Waals surface area (Å²) < 4.78 is 22.5. The second-order valence-corrected chi connectivity index (χ2v) is 6.65. The van der Waals surface area contributed by atoms with Crippen molar-refractivity contribution in [1.29, 1.82) is 0 Å². The summed E-state index contributed by atoms with van der Waals surface area (Å²) in [7, 11) is 0. The van der Waals surface area contributed by atoms with Crippen LogP contribution in [0.4, 0.5) is 4.39 Å². The summed E-state index contributed by atoms with van der Waals surface area (Å²) >= 11 is 1.90. The zero-order chi connectivity index (χ0) is 17.1. The molecule has 7 heteroatoms. The zero-order valence-electron chi connectivity index (χ0n) is 13.0. The summed E-state index contributed by atoms with van der Waals surface area (Å²) in [6.07, 6.45) is 1.46. The number of aromatic nitrogens is 3. The molecule has 1 aromatic heterocycles. The molecule has 23 heavy (non-hydrogen) atoms. The van der Waals surface area contributed by atoms with Gasteiger partial charge < -0.3 is 9.84 Å². The van der Waals surface area contributed by atoms with Gasteiger partial charge in [-0.15, -0.1) is 5.10 Å². The second kappa shape index (κ2) is 6.84. The first kappa shape index (κ1) is 17.7. The molecule has 1 atom stereocenters. The number of ether oxygens (including phenoxy) is 1. The minimum Gasteiger partial charge on any atom is -0.423 e. The first-order valence-electron chi connectivity index (χ1n) is 6.91. The van der Waals surface area contributed by atoms with Gasteiger partial charge in [0.1, 0.15) is 17.9 Å². The van der Waals surface area contributed by atoms with Crippen molar-refractivity contribution in [2.45, 2.75) is 32.9 Å². The molecule has 0 amide bonds. The van der Waals surface area contributed by atoms with E-state index in [1.807, 2.05) is 43.4 Å². The van der Waals surface area contributed by atoms with Crippen LogP contribution in [0.1, 0.15) is 20.8 Å². The van der Waals surface area contributed by atoms with Gasteiger partial charge in [0, 0.05) is 28.0 Å². The summed E-state index contributed by atoms with van der Waals surface area (Å²) in [5.41, 5.74) is -1.72. The quantitative estimate of drug-likeness (QED) is 0.598. The zero-order valence-corrected chi connectivity index (χ0v) is 15.2. The Morgan fingerprint density at radius 3 is 2.52 bits per heavy atom. The highest BCUT2D eigenvalue weighted by atomic mass is 127. The van der Waals surface area contributed by atoms with Crippen molar-refractivity contribution in [2.24, 2.45) is 5.41 Å². The van der Waals surface area contributed by atoms with E-state index in [1.54, 1.807) is 0 Å². The molecule has 0 aliphatic carbocycles. The number of hydrogen-bond donors (Lipinski definition) is 1. The monoisotopic (exact) mass is 429 g/mol. The van der Waals surface area contributed by atoms with Gasteiger partial charge in [0.2, 0.25) is 0 Å². The Morgan fingerprint density at radius 1 is 1.30 bits per heavy atom. The van der Waals surface area contributed by atoms with Gasteiger partial charge in [0.05, 0.1) is 6.54 Å². The maximum atomic E-state index is 12.9. The Balaban J connectivity index is 2.15. The molecule has 0 radical (unpaired) electrons. The van der Waals surface area contributed by atoms with E-state index in [2.05, 4.69) is 19.9 Å². The molecular weight excluding hydrogens is 412 g/mol. The molecule has 5 nitrogen and oxygen atoms in total.